The highest BCUT2D eigenvalue weighted by Crippen LogP contribution is 2.39. The third kappa shape index (κ3) is 2.89. The van der Waals surface area contributed by atoms with Crippen molar-refractivity contribution in [1.29, 1.82) is 0 Å². The van der Waals surface area contributed by atoms with E-state index in [1.54, 1.807) is 11.8 Å². The van der Waals surface area contributed by atoms with E-state index in [-0.39, 0.29) is 0 Å². The predicted octanol–water partition coefficient (Wildman–Crippen LogP) is 4.33. The first-order valence-electron chi connectivity index (χ1n) is 6.93. The molecule has 2 aromatic rings. The van der Waals surface area contributed by atoms with E-state index in [0.717, 1.165) is 33.8 Å². The molecule has 3 nitrogen and oxygen atoms in total. The van der Waals surface area contributed by atoms with Crippen LogP contribution in [0.5, 0.6) is 0 Å². The lowest BCUT2D eigenvalue weighted by Crippen LogP contribution is -2.21. The molecule has 3 rings (SSSR count). The molecule has 1 aromatic heterocycles. The fraction of sp³-hybridized carbons (Fsp3) is 0.533. The maximum absolute atomic E-state index is 5.79. The van der Waals surface area contributed by atoms with E-state index in [4.69, 9.17) is 10.2 Å². The van der Waals surface area contributed by atoms with Gasteiger partial charge >= 0.3 is 0 Å². The second-order valence-electron chi connectivity index (χ2n) is 5.86. The number of hydrogen-bond donors (Lipinski definition) is 1. The third-order valence-electron chi connectivity index (χ3n) is 3.79. The second-order valence-corrected chi connectivity index (χ2v) is 7.12. The largest absolute Gasteiger partial charge is 0.431 e. The number of rotatable bonds is 2. The van der Waals surface area contributed by atoms with E-state index in [9.17, 15) is 0 Å². The maximum Gasteiger partial charge on any atom is 0.257 e. The van der Waals surface area contributed by atoms with Crippen LogP contribution in [0.4, 0.5) is 5.69 Å². The summed E-state index contributed by atoms with van der Waals surface area (Å²) in [6.45, 7) is 4.69. The summed E-state index contributed by atoms with van der Waals surface area (Å²) >= 11 is 1.79. The number of fused-ring (bicyclic) bond motifs is 1. The second kappa shape index (κ2) is 5.08. The van der Waals surface area contributed by atoms with Gasteiger partial charge in [-0.1, -0.05) is 25.6 Å². The van der Waals surface area contributed by atoms with Crippen molar-refractivity contribution in [3.05, 3.63) is 18.2 Å². The summed E-state index contributed by atoms with van der Waals surface area (Å²) in [4.78, 5) is 4.53. The smallest absolute Gasteiger partial charge is 0.257 e. The van der Waals surface area contributed by atoms with Crippen LogP contribution in [0.2, 0.25) is 0 Å². The number of nitrogens with two attached hydrogens (primary N) is 1. The van der Waals surface area contributed by atoms with Gasteiger partial charge in [0.2, 0.25) is 0 Å². The molecule has 4 heteroatoms. The van der Waals surface area contributed by atoms with Crippen LogP contribution in [0.1, 0.15) is 33.1 Å². The molecule has 1 aliphatic carbocycles. The van der Waals surface area contributed by atoms with E-state index < -0.39 is 0 Å². The number of anilines is 1. The number of aromatic nitrogens is 1. The Hall–Kier alpha value is -1.16. The quantitative estimate of drug-likeness (QED) is 0.830. The molecule has 1 aromatic carbocycles. The lowest BCUT2D eigenvalue weighted by Gasteiger charge is -2.30. The first kappa shape index (κ1) is 12.9. The van der Waals surface area contributed by atoms with E-state index in [1.807, 2.05) is 18.2 Å². The van der Waals surface area contributed by atoms with Gasteiger partial charge in [0.15, 0.2) is 5.58 Å². The van der Waals surface area contributed by atoms with Gasteiger partial charge in [0.1, 0.15) is 5.52 Å². The highest BCUT2D eigenvalue weighted by molar-refractivity contribution is 7.99. The first-order valence-corrected chi connectivity index (χ1v) is 7.81. The molecule has 0 spiro atoms. The van der Waals surface area contributed by atoms with E-state index >= 15 is 0 Å². The van der Waals surface area contributed by atoms with Gasteiger partial charge in [-0.3, -0.25) is 0 Å². The zero-order valence-electron chi connectivity index (χ0n) is 11.4. The van der Waals surface area contributed by atoms with Gasteiger partial charge in [0.25, 0.3) is 5.22 Å². The Morgan fingerprint density at radius 3 is 2.68 bits per heavy atom. The van der Waals surface area contributed by atoms with Gasteiger partial charge in [-0.05, 0) is 49.3 Å². The van der Waals surface area contributed by atoms with Gasteiger partial charge < -0.3 is 10.2 Å². The topological polar surface area (TPSA) is 52.0 Å². The van der Waals surface area contributed by atoms with E-state index in [1.165, 1.54) is 19.3 Å². The van der Waals surface area contributed by atoms with Crippen molar-refractivity contribution < 1.29 is 4.42 Å². The molecular weight excluding hydrogens is 256 g/mol. The predicted molar refractivity (Wildman–Crippen MR) is 80.2 cm³/mol. The summed E-state index contributed by atoms with van der Waals surface area (Å²) in [5.41, 5.74) is 8.19. The van der Waals surface area contributed by atoms with E-state index in [0.29, 0.717) is 5.25 Å². The van der Waals surface area contributed by atoms with Gasteiger partial charge in [-0.2, -0.15) is 0 Å². The van der Waals surface area contributed by atoms with E-state index in [2.05, 4.69) is 18.8 Å². The summed E-state index contributed by atoms with van der Waals surface area (Å²) in [6, 6.07) is 5.62. The van der Waals surface area contributed by atoms with Crippen molar-refractivity contribution >= 4 is 28.5 Å². The van der Waals surface area contributed by atoms with Gasteiger partial charge in [-0.15, -0.1) is 0 Å². The summed E-state index contributed by atoms with van der Waals surface area (Å²) in [6.07, 6.45) is 3.87. The van der Waals surface area contributed by atoms with Crippen LogP contribution in [-0.4, -0.2) is 10.2 Å². The number of benzene rings is 1. The van der Waals surface area contributed by atoms with Crippen molar-refractivity contribution in [3.63, 3.8) is 0 Å². The van der Waals surface area contributed by atoms with Gasteiger partial charge in [0, 0.05) is 10.9 Å². The molecule has 1 fully saturated rings. The Balaban J connectivity index is 1.77. The van der Waals surface area contributed by atoms with Crippen molar-refractivity contribution in [2.45, 2.75) is 43.6 Å². The maximum atomic E-state index is 5.79. The molecule has 0 saturated heterocycles. The molecule has 1 saturated carbocycles. The molecule has 102 valence electrons. The SMILES string of the molecule is CC1CC(C)CC(Sc2nc3cc(N)ccc3o2)C1. The summed E-state index contributed by atoms with van der Waals surface area (Å²) in [5, 5.41) is 1.41. The Morgan fingerprint density at radius 1 is 1.21 bits per heavy atom. The lowest BCUT2D eigenvalue weighted by molar-refractivity contribution is 0.307. The summed E-state index contributed by atoms with van der Waals surface area (Å²) in [7, 11) is 0. The highest BCUT2D eigenvalue weighted by Gasteiger charge is 2.26. The number of hydrogen-bond acceptors (Lipinski definition) is 4. The zero-order valence-corrected chi connectivity index (χ0v) is 12.2. The molecule has 0 radical (unpaired) electrons. The Kier molecular flexibility index (Phi) is 3.44. The molecular formula is C15H20N2OS. The monoisotopic (exact) mass is 276 g/mol. The minimum Gasteiger partial charge on any atom is -0.431 e. The Bertz CT molecular complexity index is 571. The zero-order chi connectivity index (χ0) is 13.4. The van der Waals surface area contributed by atoms with Crippen molar-refractivity contribution in [2.24, 2.45) is 11.8 Å². The molecule has 2 atom stereocenters. The molecule has 0 bridgehead atoms. The van der Waals surface area contributed by atoms with Crippen LogP contribution in [0.3, 0.4) is 0 Å². The van der Waals surface area contributed by atoms with Crippen LogP contribution >= 0.6 is 11.8 Å². The summed E-state index contributed by atoms with van der Waals surface area (Å²) in [5.74, 6) is 1.61. The normalized spacial score (nSPS) is 27.8. The van der Waals surface area contributed by atoms with Crippen molar-refractivity contribution in [3.8, 4) is 0 Å². The fourth-order valence-corrected chi connectivity index (χ4v) is 4.51. The van der Waals surface area contributed by atoms with Crippen LogP contribution in [-0.2, 0) is 0 Å². The molecule has 0 aliphatic heterocycles. The minimum absolute atomic E-state index is 0.629. The molecule has 19 heavy (non-hydrogen) atoms. The van der Waals surface area contributed by atoms with Crippen LogP contribution in [0.25, 0.3) is 11.1 Å². The molecule has 2 N–H and O–H groups in total. The average molecular weight is 276 g/mol. The Morgan fingerprint density at radius 2 is 1.95 bits per heavy atom. The lowest BCUT2D eigenvalue weighted by atomic mass is 9.83. The average Bonchev–Trinajstić information content (AvgIpc) is 2.68. The number of nitrogen functional groups attached to an aromatic ring is 1. The number of oxazole rings is 1. The highest BCUT2D eigenvalue weighted by atomic mass is 32.2. The number of thioether (sulfide) groups is 1. The van der Waals surface area contributed by atoms with Crippen molar-refractivity contribution in [1.82, 2.24) is 4.98 Å². The molecule has 2 unspecified atom stereocenters. The fourth-order valence-electron chi connectivity index (χ4n) is 3.09. The van der Waals surface area contributed by atoms with Crippen LogP contribution in [0.15, 0.2) is 27.8 Å². The van der Waals surface area contributed by atoms with Gasteiger partial charge in [0.05, 0.1) is 0 Å². The summed E-state index contributed by atoms with van der Waals surface area (Å²) < 4.78 is 5.79. The third-order valence-corrected chi connectivity index (χ3v) is 4.89. The first-order chi connectivity index (χ1) is 9.10. The molecule has 1 heterocycles. The molecule has 0 amide bonds. The van der Waals surface area contributed by atoms with Gasteiger partial charge in [-0.25, -0.2) is 4.98 Å². The number of nitrogens with zero attached hydrogens (tertiary/aromatic N) is 1. The van der Waals surface area contributed by atoms with Crippen LogP contribution < -0.4 is 5.73 Å². The Labute approximate surface area is 118 Å². The van der Waals surface area contributed by atoms with Crippen LogP contribution in [0, 0.1) is 11.8 Å². The van der Waals surface area contributed by atoms with Crippen molar-refractivity contribution in [2.75, 3.05) is 5.73 Å². The standard InChI is InChI=1S/C15H20N2OS/c1-9-5-10(2)7-12(6-9)19-15-17-13-8-11(16)3-4-14(13)18-15/h3-4,8-10,12H,5-7,16H2,1-2H3. The molecule has 1 aliphatic rings. The minimum atomic E-state index is 0.629.